The summed E-state index contributed by atoms with van der Waals surface area (Å²) in [6, 6.07) is 9.03. The quantitative estimate of drug-likeness (QED) is 0.383. The zero-order valence-corrected chi connectivity index (χ0v) is 24.3. The van der Waals surface area contributed by atoms with E-state index in [0.29, 0.717) is 28.6 Å². The fraction of sp³-hybridized carbons (Fsp3) is 0.433. The van der Waals surface area contributed by atoms with Gasteiger partial charge in [-0.25, -0.2) is 18.7 Å². The first-order chi connectivity index (χ1) is 20.0. The molecule has 2 saturated heterocycles. The number of alkyl halides is 1. The Morgan fingerprint density at radius 1 is 1.10 bits per heavy atom. The van der Waals surface area contributed by atoms with Crippen molar-refractivity contribution in [2.24, 2.45) is 0 Å². The number of halogens is 4. The van der Waals surface area contributed by atoms with E-state index in [1.165, 1.54) is 30.3 Å². The van der Waals surface area contributed by atoms with Gasteiger partial charge in [-0.2, -0.15) is 0 Å². The zero-order valence-electron chi connectivity index (χ0n) is 22.8. The second-order valence-corrected chi connectivity index (χ2v) is 11.9. The predicted octanol–water partition coefficient (Wildman–Crippen LogP) is 5.31. The van der Waals surface area contributed by atoms with Crippen LogP contribution in [0.1, 0.15) is 59.1 Å². The molecule has 1 aromatic heterocycles. The van der Waals surface area contributed by atoms with Crippen LogP contribution in [0.5, 0.6) is 0 Å². The lowest BCUT2D eigenvalue weighted by atomic mass is 9.75. The topological polar surface area (TPSA) is 94.0 Å². The van der Waals surface area contributed by atoms with Crippen molar-refractivity contribution in [3.05, 3.63) is 92.7 Å². The monoisotopic (exact) mass is 619 g/mol. The molecular formula is C30H29Cl2F2N3O5. The van der Waals surface area contributed by atoms with Crippen molar-refractivity contribution in [3.63, 3.8) is 0 Å². The maximum atomic E-state index is 16.6. The third-order valence-corrected chi connectivity index (χ3v) is 8.89. The highest BCUT2D eigenvalue weighted by atomic mass is 35.5. The molecule has 4 heterocycles. The molecule has 3 aromatic rings. The number of ether oxygens (including phenoxy) is 3. The van der Waals surface area contributed by atoms with E-state index < -0.39 is 34.8 Å². The first kappa shape index (κ1) is 29.3. The van der Waals surface area contributed by atoms with Crippen LogP contribution in [0.4, 0.5) is 8.78 Å². The minimum atomic E-state index is -2.11. The van der Waals surface area contributed by atoms with Gasteiger partial charge in [0.05, 0.1) is 35.4 Å². The molecule has 3 atom stereocenters. The van der Waals surface area contributed by atoms with Gasteiger partial charge in [-0.1, -0.05) is 35.3 Å². The third kappa shape index (κ3) is 4.88. The molecule has 42 heavy (non-hydrogen) atoms. The number of aromatic nitrogens is 2. The molecule has 222 valence electrons. The number of fused-ring (bicyclic) bond motifs is 1. The standard InChI is InChI=1S/C30H29Cl2F2N3O5/c1-28(39,29(34)7-10-40-11-8-29)19-12-23-26(24(33)13-19)30(42-22-6-9-41-17-22,18-2-4-20(31)5-3-18)37(27(23)38)16-25-35-14-21(32)15-36-25/h2-5,12-15,22,39H,6-11,16-17H2,1H3/t22-,28?,30-/m0/s1. The molecule has 2 fully saturated rings. The zero-order chi connectivity index (χ0) is 29.7. The van der Waals surface area contributed by atoms with Crippen LogP contribution in [0.2, 0.25) is 10.0 Å². The number of amides is 1. The average Bonchev–Trinajstić information content (AvgIpc) is 3.56. The summed E-state index contributed by atoms with van der Waals surface area (Å²) in [6.07, 6.45) is 2.69. The second-order valence-electron chi connectivity index (χ2n) is 11.0. The summed E-state index contributed by atoms with van der Waals surface area (Å²) < 4.78 is 50.3. The molecule has 0 saturated carbocycles. The molecule has 6 rings (SSSR count). The molecule has 0 aliphatic carbocycles. The van der Waals surface area contributed by atoms with Gasteiger partial charge in [-0.15, -0.1) is 0 Å². The van der Waals surface area contributed by atoms with E-state index in [9.17, 15) is 9.90 Å². The van der Waals surface area contributed by atoms with E-state index in [4.69, 9.17) is 37.4 Å². The van der Waals surface area contributed by atoms with Crippen molar-refractivity contribution in [3.8, 4) is 0 Å². The normalized spacial score (nSPS) is 25.0. The fourth-order valence-corrected chi connectivity index (χ4v) is 6.25. The van der Waals surface area contributed by atoms with E-state index in [0.717, 1.165) is 6.07 Å². The van der Waals surface area contributed by atoms with Crippen molar-refractivity contribution < 1.29 is 32.9 Å². The lowest BCUT2D eigenvalue weighted by molar-refractivity contribution is -0.149. The average molecular weight is 620 g/mol. The van der Waals surface area contributed by atoms with Gasteiger partial charge in [-0.3, -0.25) is 9.69 Å². The smallest absolute Gasteiger partial charge is 0.257 e. The highest BCUT2D eigenvalue weighted by Crippen LogP contribution is 2.51. The first-order valence-electron chi connectivity index (χ1n) is 13.7. The Balaban J connectivity index is 1.56. The first-order valence-corrected chi connectivity index (χ1v) is 14.4. The molecule has 12 heteroatoms. The van der Waals surface area contributed by atoms with Crippen LogP contribution < -0.4 is 0 Å². The number of carbonyl (C=O) groups excluding carboxylic acids is 1. The van der Waals surface area contributed by atoms with Crippen LogP contribution >= 0.6 is 23.2 Å². The summed E-state index contributed by atoms with van der Waals surface area (Å²) in [7, 11) is 0. The van der Waals surface area contributed by atoms with Crippen molar-refractivity contribution in [2.75, 3.05) is 26.4 Å². The van der Waals surface area contributed by atoms with Gasteiger partial charge in [0.1, 0.15) is 22.9 Å². The number of aliphatic hydroxyl groups is 1. The molecule has 2 aromatic carbocycles. The molecule has 0 radical (unpaired) electrons. The van der Waals surface area contributed by atoms with Crippen LogP contribution in [0.25, 0.3) is 0 Å². The van der Waals surface area contributed by atoms with Crippen molar-refractivity contribution in [1.29, 1.82) is 0 Å². The predicted molar refractivity (Wildman–Crippen MR) is 149 cm³/mol. The fourth-order valence-electron chi connectivity index (χ4n) is 6.02. The van der Waals surface area contributed by atoms with Crippen molar-refractivity contribution >= 4 is 29.1 Å². The van der Waals surface area contributed by atoms with Crippen LogP contribution in [-0.4, -0.2) is 64.1 Å². The number of nitrogens with zero attached hydrogens (tertiary/aromatic N) is 3. The summed E-state index contributed by atoms with van der Waals surface area (Å²) in [5, 5.41) is 12.3. The molecule has 0 bridgehead atoms. The summed E-state index contributed by atoms with van der Waals surface area (Å²) in [6.45, 7) is 2.04. The van der Waals surface area contributed by atoms with Gasteiger partial charge in [0.25, 0.3) is 5.91 Å². The Hall–Kier alpha value is -2.73. The van der Waals surface area contributed by atoms with Crippen molar-refractivity contribution in [1.82, 2.24) is 14.9 Å². The molecule has 1 unspecified atom stereocenters. The largest absolute Gasteiger partial charge is 0.382 e. The number of benzene rings is 2. The highest BCUT2D eigenvalue weighted by Gasteiger charge is 2.57. The summed E-state index contributed by atoms with van der Waals surface area (Å²) in [5.74, 6) is -1.20. The summed E-state index contributed by atoms with van der Waals surface area (Å²) in [5.41, 5.74) is -5.73. The van der Waals surface area contributed by atoms with Crippen LogP contribution in [0.3, 0.4) is 0 Å². The number of hydrogen-bond donors (Lipinski definition) is 1. The maximum absolute atomic E-state index is 16.6. The van der Waals surface area contributed by atoms with Gasteiger partial charge < -0.3 is 19.3 Å². The Morgan fingerprint density at radius 3 is 2.43 bits per heavy atom. The molecule has 3 aliphatic heterocycles. The lowest BCUT2D eigenvalue weighted by Gasteiger charge is -2.42. The lowest BCUT2D eigenvalue weighted by Crippen LogP contribution is -2.50. The molecule has 1 amide bonds. The summed E-state index contributed by atoms with van der Waals surface area (Å²) in [4.78, 5) is 24.2. The van der Waals surface area contributed by atoms with E-state index in [1.807, 2.05) is 0 Å². The Bertz CT molecular complexity index is 1480. The highest BCUT2D eigenvalue weighted by molar-refractivity contribution is 6.30. The van der Waals surface area contributed by atoms with Gasteiger partial charge in [0.2, 0.25) is 5.72 Å². The van der Waals surface area contributed by atoms with Gasteiger partial charge in [-0.05, 0) is 43.2 Å². The Morgan fingerprint density at radius 2 is 1.79 bits per heavy atom. The van der Waals surface area contributed by atoms with Crippen LogP contribution in [0, 0.1) is 5.82 Å². The molecule has 8 nitrogen and oxygen atoms in total. The summed E-state index contributed by atoms with van der Waals surface area (Å²) >= 11 is 12.2. The van der Waals surface area contributed by atoms with Crippen LogP contribution in [-0.2, 0) is 32.1 Å². The second kappa shape index (κ2) is 11.1. The number of rotatable bonds is 7. The molecule has 1 N–H and O–H groups in total. The van der Waals surface area contributed by atoms with E-state index in [1.54, 1.807) is 24.3 Å². The minimum absolute atomic E-state index is 0.0599. The van der Waals surface area contributed by atoms with Gasteiger partial charge in [0, 0.05) is 55.6 Å². The molecule has 0 spiro atoms. The van der Waals surface area contributed by atoms with E-state index in [-0.39, 0.29) is 61.7 Å². The van der Waals surface area contributed by atoms with E-state index >= 15 is 8.78 Å². The number of carbonyl (C=O) groups is 1. The Labute approximate surface area is 251 Å². The van der Waals surface area contributed by atoms with Gasteiger partial charge in [0.15, 0.2) is 0 Å². The van der Waals surface area contributed by atoms with E-state index in [2.05, 4.69) is 9.97 Å². The third-order valence-electron chi connectivity index (χ3n) is 8.44. The maximum Gasteiger partial charge on any atom is 0.257 e. The Kier molecular flexibility index (Phi) is 7.74. The van der Waals surface area contributed by atoms with Crippen molar-refractivity contribution in [2.45, 2.75) is 55.8 Å². The minimum Gasteiger partial charge on any atom is -0.382 e. The molecule has 3 aliphatic rings. The van der Waals surface area contributed by atoms with Crippen LogP contribution in [0.15, 0.2) is 48.8 Å². The van der Waals surface area contributed by atoms with Gasteiger partial charge >= 0.3 is 0 Å². The number of hydrogen-bond acceptors (Lipinski definition) is 7. The molecular weight excluding hydrogens is 591 g/mol. The SMILES string of the molecule is CC(O)(c1cc(F)c2c(c1)C(=O)N(Cc1ncc(Cl)cn1)[C@]2(O[C@H]1CCOC1)c1ccc(Cl)cc1)C1(F)CCOCC1.